The quantitative estimate of drug-likeness (QED) is 0.633. The molecule has 0 bridgehead atoms. The van der Waals surface area contributed by atoms with Gasteiger partial charge in [-0.05, 0) is 44.4 Å². The van der Waals surface area contributed by atoms with Crippen LogP contribution in [0.25, 0.3) is 0 Å². The maximum atomic E-state index is 5.76. The topological polar surface area (TPSA) is 26.3 Å². The second-order valence-electron chi connectivity index (χ2n) is 4.49. The first-order chi connectivity index (χ1) is 8.07. The van der Waals surface area contributed by atoms with E-state index in [1.54, 1.807) is 0 Å². The third-order valence-electron chi connectivity index (χ3n) is 2.89. The minimum atomic E-state index is -0.284. The molecule has 0 aromatic carbocycles. The molecule has 2 radical (unpaired) electrons. The minimum absolute atomic E-state index is 0.284. The Kier molecular flexibility index (Phi) is 3.52. The molecule has 0 spiro atoms. The lowest BCUT2D eigenvalue weighted by Crippen LogP contribution is -2.17. The van der Waals surface area contributed by atoms with E-state index >= 15 is 0 Å². The van der Waals surface area contributed by atoms with Gasteiger partial charge in [-0.3, -0.25) is 0 Å². The molecule has 0 aliphatic rings. The summed E-state index contributed by atoms with van der Waals surface area (Å²) in [7, 11) is 5.55. The second kappa shape index (κ2) is 4.77. The lowest BCUT2D eigenvalue weighted by molar-refractivity contribution is 0.349. The average Bonchev–Trinajstić information content (AvgIpc) is 2.98. The molecule has 2 aromatic heterocycles. The van der Waals surface area contributed by atoms with Crippen LogP contribution in [0.5, 0.6) is 0 Å². The van der Waals surface area contributed by atoms with Gasteiger partial charge in [0.1, 0.15) is 17.3 Å². The van der Waals surface area contributed by atoms with Crippen LogP contribution in [0, 0.1) is 0 Å². The first-order valence-corrected chi connectivity index (χ1v) is 6.64. The Hall–Kier alpha value is -0.895. The minimum Gasteiger partial charge on any atom is -0.466 e. The van der Waals surface area contributed by atoms with Crippen molar-refractivity contribution in [3.05, 3.63) is 47.3 Å². The van der Waals surface area contributed by atoms with E-state index in [1.807, 2.05) is 24.3 Å². The van der Waals surface area contributed by atoms with Gasteiger partial charge in [0.2, 0.25) is 0 Å². The molecule has 0 amide bonds. The van der Waals surface area contributed by atoms with Gasteiger partial charge in [-0.25, -0.2) is 0 Å². The Morgan fingerprint density at radius 2 is 1.59 bits per heavy atom. The third kappa shape index (κ3) is 2.37. The van der Waals surface area contributed by atoms with Gasteiger partial charge in [0, 0.05) is 0 Å². The SMILES string of the molecule is [B]Cc1ccc(C(C)(C)c2ccc(CBr)o2)o1. The molecule has 17 heavy (non-hydrogen) atoms. The summed E-state index contributed by atoms with van der Waals surface area (Å²) in [5.74, 6) is 3.47. The van der Waals surface area contributed by atoms with Crippen LogP contribution in [0.3, 0.4) is 0 Å². The van der Waals surface area contributed by atoms with Crippen molar-refractivity contribution in [3.63, 3.8) is 0 Å². The van der Waals surface area contributed by atoms with Crippen LogP contribution in [0.15, 0.2) is 33.1 Å². The van der Waals surface area contributed by atoms with Crippen molar-refractivity contribution in [2.45, 2.75) is 30.9 Å². The lowest BCUT2D eigenvalue weighted by Gasteiger charge is -2.19. The number of furan rings is 2. The van der Waals surface area contributed by atoms with Crippen LogP contribution in [0.1, 0.15) is 36.9 Å². The van der Waals surface area contributed by atoms with E-state index in [4.69, 9.17) is 16.7 Å². The molecule has 0 aliphatic heterocycles. The molecule has 2 heterocycles. The fourth-order valence-electron chi connectivity index (χ4n) is 1.73. The predicted molar refractivity (Wildman–Crippen MR) is 71.6 cm³/mol. The van der Waals surface area contributed by atoms with Crippen molar-refractivity contribution in [1.82, 2.24) is 0 Å². The van der Waals surface area contributed by atoms with E-state index in [9.17, 15) is 0 Å². The summed E-state index contributed by atoms with van der Waals surface area (Å²) >= 11 is 3.38. The summed E-state index contributed by atoms with van der Waals surface area (Å²) in [4.78, 5) is 0. The van der Waals surface area contributed by atoms with Crippen molar-refractivity contribution in [3.8, 4) is 0 Å². The van der Waals surface area contributed by atoms with Gasteiger partial charge in [0.15, 0.2) is 0 Å². The number of hydrogen-bond acceptors (Lipinski definition) is 2. The van der Waals surface area contributed by atoms with Crippen molar-refractivity contribution in [2.75, 3.05) is 0 Å². The number of hydrogen-bond donors (Lipinski definition) is 0. The highest BCUT2D eigenvalue weighted by Gasteiger charge is 2.30. The molecule has 2 aromatic rings. The molecule has 0 fully saturated rings. The monoisotopic (exact) mass is 292 g/mol. The van der Waals surface area contributed by atoms with E-state index in [-0.39, 0.29) is 5.41 Å². The Balaban J connectivity index is 2.34. The Bertz CT molecular complexity index is 455. The van der Waals surface area contributed by atoms with Gasteiger partial charge in [0.05, 0.1) is 24.4 Å². The van der Waals surface area contributed by atoms with Crippen molar-refractivity contribution in [2.24, 2.45) is 0 Å². The molecular formula is C13H14BBrO2. The number of rotatable bonds is 4. The molecule has 0 unspecified atom stereocenters. The molecular weight excluding hydrogens is 279 g/mol. The van der Waals surface area contributed by atoms with Gasteiger partial charge < -0.3 is 8.83 Å². The maximum absolute atomic E-state index is 5.76. The summed E-state index contributed by atoms with van der Waals surface area (Å²) < 4.78 is 11.5. The number of alkyl halides is 1. The molecule has 4 heteroatoms. The fourth-order valence-corrected chi connectivity index (χ4v) is 2.03. The van der Waals surface area contributed by atoms with E-state index < -0.39 is 0 Å². The predicted octanol–water partition coefficient (Wildman–Crippen LogP) is 3.76. The van der Waals surface area contributed by atoms with Gasteiger partial charge in [-0.2, -0.15) is 0 Å². The first-order valence-electron chi connectivity index (χ1n) is 5.52. The van der Waals surface area contributed by atoms with E-state index in [2.05, 4.69) is 29.8 Å². The van der Waals surface area contributed by atoms with E-state index in [0.717, 1.165) is 28.4 Å². The first kappa shape index (κ1) is 12.6. The van der Waals surface area contributed by atoms with Gasteiger partial charge in [-0.1, -0.05) is 15.9 Å². The van der Waals surface area contributed by atoms with Crippen molar-refractivity contribution in [1.29, 1.82) is 0 Å². The number of halogens is 1. The smallest absolute Gasteiger partial charge is 0.117 e. The van der Waals surface area contributed by atoms with Crippen LogP contribution in [-0.2, 0) is 17.1 Å². The molecule has 2 nitrogen and oxygen atoms in total. The zero-order chi connectivity index (χ0) is 12.5. The molecule has 0 atom stereocenters. The molecule has 0 aliphatic carbocycles. The fraction of sp³-hybridized carbons (Fsp3) is 0.385. The van der Waals surface area contributed by atoms with Crippen LogP contribution in [-0.4, -0.2) is 7.85 Å². The summed E-state index contributed by atoms with van der Waals surface area (Å²) in [6.45, 7) is 4.14. The summed E-state index contributed by atoms with van der Waals surface area (Å²) in [5, 5.41) is 0.718. The zero-order valence-electron chi connectivity index (χ0n) is 10.00. The van der Waals surface area contributed by atoms with Crippen LogP contribution in [0.4, 0.5) is 0 Å². The molecule has 0 N–H and O–H groups in total. The second-order valence-corrected chi connectivity index (χ2v) is 5.06. The molecule has 0 saturated heterocycles. The van der Waals surface area contributed by atoms with Gasteiger partial charge in [0.25, 0.3) is 0 Å². The highest BCUT2D eigenvalue weighted by Crippen LogP contribution is 2.34. The molecule has 0 saturated carbocycles. The normalized spacial score (nSPS) is 11.9. The Morgan fingerprint density at radius 3 is 2.00 bits per heavy atom. The van der Waals surface area contributed by atoms with Crippen molar-refractivity contribution < 1.29 is 8.83 Å². The average molecular weight is 293 g/mol. The van der Waals surface area contributed by atoms with Crippen LogP contribution in [0.2, 0.25) is 0 Å². The Morgan fingerprint density at radius 1 is 1.06 bits per heavy atom. The Labute approximate surface area is 111 Å². The largest absolute Gasteiger partial charge is 0.466 e. The molecule has 88 valence electrons. The summed E-state index contributed by atoms with van der Waals surface area (Å²) in [6.07, 6.45) is 0.418. The molecule has 2 rings (SSSR count). The maximum Gasteiger partial charge on any atom is 0.117 e. The third-order valence-corrected chi connectivity index (χ3v) is 3.44. The summed E-state index contributed by atoms with van der Waals surface area (Å²) in [6, 6.07) is 7.82. The summed E-state index contributed by atoms with van der Waals surface area (Å²) in [5.41, 5.74) is -0.284. The van der Waals surface area contributed by atoms with E-state index in [1.165, 1.54) is 0 Å². The van der Waals surface area contributed by atoms with Crippen LogP contribution >= 0.6 is 15.9 Å². The van der Waals surface area contributed by atoms with Crippen LogP contribution < -0.4 is 0 Å². The lowest BCUT2D eigenvalue weighted by atomic mass is 9.87. The van der Waals surface area contributed by atoms with Gasteiger partial charge >= 0.3 is 0 Å². The van der Waals surface area contributed by atoms with E-state index in [0.29, 0.717) is 6.32 Å². The zero-order valence-corrected chi connectivity index (χ0v) is 11.6. The van der Waals surface area contributed by atoms with Gasteiger partial charge in [-0.15, -0.1) is 0 Å². The van der Waals surface area contributed by atoms with Crippen molar-refractivity contribution >= 4 is 23.8 Å². The standard InChI is InChI=1S/C13H14BBrO2/c1-13(2,11-5-3-9(7-14)16-11)12-6-4-10(8-15)17-12/h3-6H,7-8H2,1-2H3. The highest BCUT2D eigenvalue weighted by atomic mass is 79.9. The highest BCUT2D eigenvalue weighted by molar-refractivity contribution is 9.08.